The molecular weight excluding hydrogens is 1600 g/mol. The van der Waals surface area contributed by atoms with Crippen LogP contribution in [0.5, 0.6) is 0 Å². The lowest BCUT2D eigenvalue weighted by atomic mass is 9.72. The number of carboxylic acid groups (broad SMARTS) is 1. The normalized spacial score (nSPS) is 46.3. The molecule has 6 saturated heterocycles. The first-order chi connectivity index (χ1) is 56.7. The molecule has 0 amide bonds. The molecule has 42 heteroatoms. The number of carbonyl (C=O) groups excluding carboxylic acids is 4. The van der Waals surface area contributed by atoms with Crippen LogP contribution < -0.4 is 0 Å². The molecule has 11 rings (SSSR count). The number of carboxylic acids is 1. The third-order valence-corrected chi connectivity index (χ3v) is 24.9. The van der Waals surface area contributed by atoms with Crippen LogP contribution >= 0.6 is 0 Å². The zero-order valence-electron chi connectivity index (χ0n) is 65.7. The van der Waals surface area contributed by atoms with Crippen molar-refractivity contribution in [2.24, 2.45) is 29.6 Å². The van der Waals surface area contributed by atoms with E-state index in [4.69, 9.17) is 85.6 Å². The van der Waals surface area contributed by atoms with Gasteiger partial charge in [0, 0.05) is 51.2 Å². The van der Waals surface area contributed by atoms with E-state index >= 15 is 0 Å². The van der Waals surface area contributed by atoms with Gasteiger partial charge in [-0.15, -0.1) is 0 Å². The standard InChI is InChI=1S/C77H118O42/c1-103-44-19-32(5-13-39(44)82)9-18-55(88)118-71-65(98)58(91)48(27-79)114-77(71)119-72-66(99)61(94)51(117-76(72)112-46-24-37-42(109-70(46)34-10-14-38(81)40(83)21-34)22-35(80)23-43(37)111-75-69(102)64(97)60(93)50(116-75)30-107-56(89)25-52(84)85)29-106-53(86)16-7-31-3-11-36(12-4-31)108-73-67(100)63(96)59(92)49(115-73)28-105-54(87)17-8-33-6-15-41(45(20-33)104-2)110-74-68(101)62(95)57(90)47(26-78)113-74/h7-9,16-18,31-51,57-83,90-102H,3-6,10-15,19-30H2,1-2H3,(H,84,85)/p+1. The van der Waals surface area contributed by atoms with E-state index in [1.807, 2.05) is 0 Å². The quantitative estimate of drug-likeness (QED) is 0.0104. The van der Waals surface area contributed by atoms with Gasteiger partial charge in [-0.25, -0.2) is 14.4 Å². The SMILES string of the molecule is COC1CC(C=CC(=O)OC2C(OC3C(OC4CC5C(OC6OC(COC(=O)CC(=O)O)C(O)C(O)C6O)CC(O)CC5[OH+]C4C4CCC(O)C(O)C4)OC(COC(=O)C=CC4CCC(OC5OC(COC(=O)C=CC6CCC(OC7OC(CO)C(O)C(O)C7O)C(OC)C6)C(O)C(O)C5O)CC4)C(O)C3O)OC(CO)C(O)C2O)CCC1O. The van der Waals surface area contributed by atoms with Crippen molar-refractivity contribution in [3.63, 3.8) is 0 Å². The summed E-state index contributed by atoms with van der Waals surface area (Å²) in [6.45, 7) is -3.75. The Morgan fingerprint density at radius 2 is 0.832 bits per heavy atom. The van der Waals surface area contributed by atoms with Crippen LogP contribution in [0.1, 0.15) is 109 Å². The van der Waals surface area contributed by atoms with Crippen molar-refractivity contribution in [1.82, 2.24) is 0 Å². The number of rotatable bonds is 30. The van der Waals surface area contributed by atoms with Gasteiger partial charge in [0.15, 0.2) is 49.8 Å². The Labute approximate surface area is 683 Å². The fraction of sp³-hybridized carbons (Fsp3) is 0.857. The lowest BCUT2D eigenvalue weighted by molar-refractivity contribution is -0.390. The van der Waals surface area contributed by atoms with Crippen molar-refractivity contribution in [1.29, 1.82) is 0 Å². The minimum Gasteiger partial charge on any atom is -0.481 e. The first kappa shape index (κ1) is 95.0. The van der Waals surface area contributed by atoms with Gasteiger partial charge in [0.2, 0.25) is 0 Å². The van der Waals surface area contributed by atoms with Gasteiger partial charge >= 0.3 is 29.8 Å². The number of allylic oxidation sites excluding steroid dienone is 3. The highest BCUT2D eigenvalue weighted by molar-refractivity contribution is 5.90. The zero-order chi connectivity index (χ0) is 86.0. The summed E-state index contributed by atoms with van der Waals surface area (Å²) in [6.07, 6.45) is -44.5. The summed E-state index contributed by atoms with van der Waals surface area (Å²) >= 11 is 0. The van der Waals surface area contributed by atoms with Gasteiger partial charge < -0.3 is 183 Å². The molecule has 6 aliphatic heterocycles. The van der Waals surface area contributed by atoms with Gasteiger partial charge in [0.25, 0.3) is 0 Å². The molecular formula is C77H119O42+. The van der Waals surface area contributed by atoms with E-state index < -0.39 is 308 Å². The number of carbonyl (C=O) groups is 5. The zero-order valence-corrected chi connectivity index (χ0v) is 65.7. The number of fused-ring (bicyclic) bond motifs is 1. The predicted octanol–water partition coefficient (Wildman–Crippen LogP) is -7.96. The molecule has 678 valence electrons. The second-order valence-corrected chi connectivity index (χ2v) is 32.9. The van der Waals surface area contributed by atoms with E-state index in [9.17, 15) is 121 Å². The van der Waals surface area contributed by atoms with Crippen LogP contribution in [0.15, 0.2) is 36.5 Å². The van der Waals surface area contributed by atoms with Gasteiger partial charge in [0.05, 0.1) is 74.1 Å². The van der Waals surface area contributed by atoms with Crippen molar-refractivity contribution in [2.75, 3.05) is 47.3 Å². The molecule has 42 nitrogen and oxygen atoms in total. The molecule has 119 heavy (non-hydrogen) atoms. The molecule has 40 atom stereocenters. The van der Waals surface area contributed by atoms with E-state index in [1.54, 1.807) is 12.2 Å². The lowest BCUT2D eigenvalue weighted by Gasteiger charge is -2.51. The lowest BCUT2D eigenvalue weighted by Crippen LogP contribution is -2.66. The van der Waals surface area contributed by atoms with E-state index in [0.29, 0.717) is 64.2 Å². The third kappa shape index (κ3) is 23.9. The highest BCUT2D eigenvalue weighted by Crippen LogP contribution is 2.46. The maximum absolute atomic E-state index is 13.7. The molecule has 0 aromatic heterocycles. The van der Waals surface area contributed by atoms with Crippen LogP contribution in [-0.4, -0.2) is 411 Å². The number of esters is 4. The van der Waals surface area contributed by atoms with E-state index in [0.717, 1.165) is 12.2 Å². The smallest absolute Gasteiger partial charge is 0.330 e. The summed E-state index contributed by atoms with van der Waals surface area (Å²) in [5.41, 5.74) is 0. The number of methoxy groups -OCH3 is 2. The molecule has 40 unspecified atom stereocenters. The maximum atomic E-state index is 13.7. The first-order valence-corrected chi connectivity index (χ1v) is 40.8. The molecule has 5 aliphatic carbocycles. The summed E-state index contributed by atoms with van der Waals surface area (Å²) in [5.74, 6) is -7.84. The summed E-state index contributed by atoms with van der Waals surface area (Å²) < 4.78 is 99.4. The molecule has 0 aromatic rings. The first-order valence-electron chi connectivity index (χ1n) is 40.8. The van der Waals surface area contributed by atoms with Crippen LogP contribution in [-0.2, 0) is 99.8 Å². The summed E-state index contributed by atoms with van der Waals surface area (Å²) in [5, 5.41) is 217. The van der Waals surface area contributed by atoms with Gasteiger partial charge in [-0.3, -0.25) is 9.59 Å². The van der Waals surface area contributed by atoms with Crippen molar-refractivity contribution in [3.8, 4) is 0 Å². The molecule has 0 aromatic carbocycles. The highest BCUT2D eigenvalue weighted by Gasteiger charge is 2.60. The van der Waals surface area contributed by atoms with E-state index in [-0.39, 0.29) is 56.3 Å². The summed E-state index contributed by atoms with van der Waals surface area (Å²) in [4.78, 5) is 63.9. The number of hydrogen-bond donors (Lipinski definition) is 20. The molecule has 6 heterocycles. The topological polar surface area (TPSA) is 650 Å². The number of aliphatic hydroxyl groups excluding tert-OH is 19. The molecule has 0 radical (unpaired) electrons. The van der Waals surface area contributed by atoms with Crippen molar-refractivity contribution >= 4 is 29.8 Å². The van der Waals surface area contributed by atoms with Crippen molar-refractivity contribution < 1.29 is 207 Å². The second kappa shape index (κ2) is 43.5. The summed E-state index contributed by atoms with van der Waals surface area (Å²) in [7, 11) is 2.87. The number of hydrogen-bond acceptors (Lipinski definition) is 40. The molecule has 11 fully saturated rings. The Morgan fingerprint density at radius 3 is 1.40 bits per heavy atom. The Morgan fingerprint density at radius 1 is 0.378 bits per heavy atom. The Kier molecular flexibility index (Phi) is 34.7. The predicted molar refractivity (Wildman–Crippen MR) is 389 cm³/mol. The number of aliphatic hydroxyl groups is 21. The largest absolute Gasteiger partial charge is 0.481 e. The maximum Gasteiger partial charge on any atom is 0.330 e. The van der Waals surface area contributed by atoms with Gasteiger partial charge in [0.1, 0.15) is 148 Å². The Bertz CT molecular complexity index is 3310. The summed E-state index contributed by atoms with van der Waals surface area (Å²) in [6, 6.07) is 0. The van der Waals surface area contributed by atoms with Crippen molar-refractivity contribution in [3.05, 3.63) is 36.5 Å². The van der Waals surface area contributed by atoms with Crippen LogP contribution in [0, 0.1) is 29.6 Å². The van der Waals surface area contributed by atoms with Gasteiger partial charge in [-0.2, -0.15) is 0 Å². The monoisotopic (exact) mass is 1720 g/mol. The molecule has 0 bridgehead atoms. The second-order valence-electron chi connectivity index (χ2n) is 32.9. The van der Waals surface area contributed by atoms with E-state index in [2.05, 4.69) is 0 Å². The average Bonchev–Trinajstić information content (AvgIpc) is 0.760. The van der Waals surface area contributed by atoms with Crippen molar-refractivity contribution in [2.45, 2.75) is 336 Å². The average molecular weight is 1720 g/mol. The molecule has 5 saturated carbocycles. The minimum atomic E-state index is -2.17. The van der Waals surface area contributed by atoms with E-state index in [1.165, 1.54) is 26.4 Å². The van der Waals surface area contributed by atoms with Gasteiger partial charge in [-0.05, 0) is 108 Å². The van der Waals surface area contributed by atoms with Crippen LogP contribution in [0.2, 0.25) is 0 Å². The fourth-order valence-electron chi connectivity index (χ4n) is 17.9. The van der Waals surface area contributed by atoms with Crippen LogP contribution in [0.4, 0.5) is 0 Å². The number of ether oxygens (including phenoxy) is 17. The van der Waals surface area contributed by atoms with Crippen LogP contribution in [0.3, 0.4) is 0 Å². The number of aliphatic carboxylic acids is 1. The molecule has 11 aliphatic rings. The Balaban J connectivity index is 0.747. The Hall–Kier alpha value is -4.71. The van der Waals surface area contributed by atoms with Gasteiger partial charge in [-0.1, -0.05) is 18.2 Å². The minimum absolute atomic E-state index is 0.0124. The highest BCUT2D eigenvalue weighted by atomic mass is 16.8. The fourth-order valence-corrected chi connectivity index (χ4v) is 17.9. The third-order valence-electron chi connectivity index (χ3n) is 24.9. The molecule has 0 spiro atoms. The van der Waals surface area contributed by atoms with Crippen LogP contribution in [0.25, 0.3) is 0 Å². The molecule has 21 N–H and O–H groups in total.